The van der Waals surface area contributed by atoms with Crippen molar-refractivity contribution >= 4 is 10.0 Å². The molecule has 122 valence electrons. The lowest BCUT2D eigenvalue weighted by Crippen LogP contribution is -2.35. The average Bonchev–Trinajstić information content (AvgIpc) is 2.56. The maximum absolute atomic E-state index is 13.7. The highest BCUT2D eigenvalue weighted by Gasteiger charge is 2.28. The van der Waals surface area contributed by atoms with Crippen molar-refractivity contribution in [3.05, 3.63) is 59.4 Å². The minimum absolute atomic E-state index is 0.0361. The third-order valence-corrected chi connectivity index (χ3v) is 5.78. The molecule has 0 amide bonds. The van der Waals surface area contributed by atoms with Gasteiger partial charge in [-0.05, 0) is 36.6 Å². The normalized spacial score (nSPS) is 15.2. The topological polar surface area (TPSA) is 46.6 Å². The first-order valence-electron chi connectivity index (χ1n) is 7.51. The third-order valence-electron chi connectivity index (χ3n) is 3.94. The van der Waals surface area contributed by atoms with E-state index in [1.165, 1.54) is 22.0 Å². The number of rotatable bonds is 4. The lowest BCUT2D eigenvalue weighted by molar-refractivity contribution is 0.320. The molecule has 0 bridgehead atoms. The number of benzene rings is 2. The molecule has 4 nitrogen and oxygen atoms in total. The summed E-state index contributed by atoms with van der Waals surface area (Å²) < 4.78 is 45.9. The maximum Gasteiger partial charge on any atom is 0.243 e. The SMILES string of the molecule is CCOc1cc(S(=O)(=O)N2CCc3ccccc3C2)ccc1F. The summed E-state index contributed by atoms with van der Waals surface area (Å²) in [5.41, 5.74) is 2.18. The largest absolute Gasteiger partial charge is 0.491 e. The molecular weight excluding hydrogens is 317 g/mol. The van der Waals surface area contributed by atoms with Crippen molar-refractivity contribution in [3.8, 4) is 5.75 Å². The number of nitrogens with zero attached hydrogens (tertiary/aromatic N) is 1. The number of hydrogen-bond acceptors (Lipinski definition) is 3. The highest BCUT2D eigenvalue weighted by Crippen LogP contribution is 2.28. The van der Waals surface area contributed by atoms with E-state index in [9.17, 15) is 12.8 Å². The molecule has 1 aliphatic heterocycles. The van der Waals surface area contributed by atoms with Crippen LogP contribution in [0.3, 0.4) is 0 Å². The smallest absolute Gasteiger partial charge is 0.243 e. The van der Waals surface area contributed by atoms with Gasteiger partial charge in [-0.1, -0.05) is 24.3 Å². The van der Waals surface area contributed by atoms with E-state index >= 15 is 0 Å². The quantitative estimate of drug-likeness (QED) is 0.863. The highest BCUT2D eigenvalue weighted by atomic mass is 32.2. The molecule has 1 heterocycles. The second-order valence-electron chi connectivity index (χ2n) is 5.38. The van der Waals surface area contributed by atoms with Crippen molar-refractivity contribution in [1.29, 1.82) is 0 Å². The van der Waals surface area contributed by atoms with Crippen LogP contribution in [0.4, 0.5) is 4.39 Å². The van der Waals surface area contributed by atoms with Crippen LogP contribution in [0.2, 0.25) is 0 Å². The Labute approximate surface area is 135 Å². The summed E-state index contributed by atoms with van der Waals surface area (Å²) >= 11 is 0. The van der Waals surface area contributed by atoms with Gasteiger partial charge in [-0.25, -0.2) is 12.8 Å². The van der Waals surface area contributed by atoms with Gasteiger partial charge in [0.2, 0.25) is 10.0 Å². The monoisotopic (exact) mass is 335 g/mol. The molecule has 23 heavy (non-hydrogen) atoms. The molecule has 3 rings (SSSR count). The van der Waals surface area contributed by atoms with Crippen LogP contribution in [0.25, 0.3) is 0 Å². The molecule has 2 aromatic rings. The molecule has 1 aliphatic rings. The van der Waals surface area contributed by atoms with Gasteiger partial charge in [0.05, 0.1) is 11.5 Å². The summed E-state index contributed by atoms with van der Waals surface area (Å²) in [5, 5.41) is 0. The van der Waals surface area contributed by atoms with Crippen LogP contribution < -0.4 is 4.74 Å². The zero-order valence-corrected chi connectivity index (χ0v) is 13.6. The zero-order valence-electron chi connectivity index (χ0n) is 12.8. The van der Waals surface area contributed by atoms with E-state index in [0.717, 1.165) is 11.6 Å². The van der Waals surface area contributed by atoms with Gasteiger partial charge in [0.1, 0.15) is 0 Å². The molecule has 0 N–H and O–H groups in total. The fourth-order valence-electron chi connectivity index (χ4n) is 2.73. The van der Waals surface area contributed by atoms with Gasteiger partial charge >= 0.3 is 0 Å². The molecule has 0 unspecified atom stereocenters. The lowest BCUT2D eigenvalue weighted by atomic mass is 10.0. The number of sulfonamides is 1. The zero-order chi connectivity index (χ0) is 16.4. The highest BCUT2D eigenvalue weighted by molar-refractivity contribution is 7.89. The maximum atomic E-state index is 13.7. The summed E-state index contributed by atoms with van der Waals surface area (Å²) in [5.74, 6) is -0.597. The van der Waals surface area contributed by atoms with Gasteiger partial charge in [-0.3, -0.25) is 0 Å². The van der Waals surface area contributed by atoms with Crippen molar-refractivity contribution in [2.45, 2.75) is 24.8 Å². The van der Waals surface area contributed by atoms with E-state index < -0.39 is 15.8 Å². The molecule has 0 radical (unpaired) electrons. The van der Waals surface area contributed by atoms with Crippen molar-refractivity contribution < 1.29 is 17.5 Å². The molecule has 0 fully saturated rings. The van der Waals surface area contributed by atoms with Crippen molar-refractivity contribution in [1.82, 2.24) is 4.31 Å². The molecule has 0 atom stereocenters. The molecule has 0 saturated carbocycles. The van der Waals surface area contributed by atoms with Gasteiger partial charge in [0, 0.05) is 19.2 Å². The summed E-state index contributed by atoms with van der Waals surface area (Å²) in [4.78, 5) is 0.0572. The van der Waals surface area contributed by atoms with Crippen LogP contribution in [0.1, 0.15) is 18.1 Å². The Morgan fingerprint density at radius 2 is 1.91 bits per heavy atom. The molecule has 0 spiro atoms. The van der Waals surface area contributed by atoms with E-state index in [2.05, 4.69) is 0 Å². The molecule has 0 aliphatic carbocycles. The van der Waals surface area contributed by atoms with E-state index in [0.29, 0.717) is 19.5 Å². The van der Waals surface area contributed by atoms with Crippen molar-refractivity contribution in [3.63, 3.8) is 0 Å². The fourth-order valence-corrected chi connectivity index (χ4v) is 4.17. The Bertz CT molecular complexity index is 820. The molecule has 0 aromatic heterocycles. The molecular formula is C17H18FNO3S. The number of halogens is 1. The van der Waals surface area contributed by atoms with Gasteiger partial charge in [-0.2, -0.15) is 4.31 Å². The lowest BCUT2D eigenvalue weighted by Gasteiger charge is -2.28. The van der Waals surface area contributed by atoms with Crippen molar-refractivity contribution in [2.24, 2.45) is 0 Å². The third kappa shape index (κ3) is 3.09. The van der Waals surface area contributed by atoms with E-state index in [1.807, 2.05) is 24.3 Å². The van der Waals surface area contributed by atoms with E-state index in [4.69, 9.17) is 4.74 Å². The second kappa shape index (κ2) is 6.29. The van der Waals surface area contributed by atoms with Crippen LogP contribution in [-0.2, 0) is 23.0 Å². The van der Waals surface area contributed by atoms with Crippen LogP contribution in [-0.4, -0.2) is 25.9 Å². The minimum atomic E-state index is -3.68. The van der Waals surface area contributed by atoms with Crippen LogP contribution in [0.5, 0.6) is 5.75 Å². The Balaban J connectivity index is 1.92. The Hall–Kier alpha value is -1.92. The van der Waals surface area contributed by atoms with Gasteiger partial charge in [0.15, 0.2) is 11.6 Å². The summed E-state index contributed by atoms with van der Waals surface area (Å²) in [7, 11) is -3.68. The van der Waals surface area contributed by atoms with E-state index in [-0.39, 0.29) is 17.3 Å². The second-order valence-corrected chi connectivity index (χ2v) is 7.32. The molecule has 0 saturated heterocycles. The van der Waals surface area contributed by atoms with Crippen molar-refractivity contribution in [2.75, 3.05) is 13.2 Å². The first kappa shape index (κ1) is 16.0. The van der Waals surface area contributed by atoms with Gasteiger partial charge in [0.25, 0.3) is 0 Å². The van der Waals surface area contributed by atoms with Crippen LogP contribution in [0, 0.1) is 5.82 Å². The average molecular weight is 335 g/mol. The number of ether oxygens (including phenoxy) is 1. The summed E-state index contributed by atoms with van der Waals surface area (Å²) in [6.07, 6.45) is 0.676. The first-order valence-corrected chi connectivity index (χ1v) is 8.95. The summed E-state index contributed by atoms with van der Waals surface area (Å²) in [6, 6.07) is 11.5. The Morgan fingerprint density at radius 1 is 1.17 bits per heavy atom. The number of fused-ring (bicyclic) bond motifs is 1. The molecule has 2 aromatic carbocycles. The number of hydrogen-bond donors (Lipinski definition) is 0. The van der Waals surface area contributed by atoms with Crippen LogP contribution >= 0.6 is 0 Å². The Morgan fingerprint density at radius 3 is 2.65 bits per heavy atom. The standard InChI is InChI=1S/C17H18FNO3S/c1-2-22-17-11-15(7-8-16(17)18)23(20,21)19-10-9-13-5-3-4-6-14(13)12-19/h3-8,11H,2,9-10,12H2,1H3. The first-order chi connectivity index (χ1) is 11.0. The molecule has 6 heteroatoms. The van der Waals surface area contributed by atoms with Gasteiger partial charge < -0.3 is 4.74 Å². The minimum Gasteiger partial charge on any atom is -0.491 e. The van der Waals surface area contributed by atoms with Crippen LogP contribution in [0.15, 0.2) is 47.4 Å². The summed E-state index contributed by atoms with van der Waals surface area (Å²) in [6.45, 7) is 2.75. The van der Waals surface area contributed by atoms with Gasteiger partial charge in [-0.15, -0.1) is 0 Å². The van der Waals surface area contributed by atoms with E-state index in [1.54, 1.807) is 6.92 Å². The Kier molecular flexibility index (Phi) is 4.37. The fraction of sp³-hybridized carbons (Fsp3) is 0.294. The predicted molar refractivity (Wildman–Crippen MR) is 85.3 cm³/mol. The predicted octanol–water partition coefficient (Wildman–Crippen LogP) is 2.97.